The maximum absolute atomic E-state index is 12.4. The van der Waals surface area contributed by atoms with Crippen LogP contribution >= 0.6 is 0 Å². The molecule has 0 heterocycles. The molecule has 1 aliphatic rings. The van der Waals surface area contributed by atoms with Crippen molar-refractivity contribution in [1.82, 2.24) is 5.32 Å². The van der Waals surface area contributed by atoms with Crippen molar-refractivity contribution >= 4 is 11.9 Å². The first kappa shape index (κ1) is 14.6. The molecule has 4 heteroatoms. The highest BCUT2D eigenvalue weighted by molar-refractivity contribution is 5.85. The maximum Gasteiger partial charge on any atom is 0.308 e. The van der Waals surface area contributed by atoms with E-state index in [0.717, 1.165) is 24.8 Å². The summed E-state index contributed by atoms with van der Waals surface area (Å²) in [5.74, 6) is -1.68. The molecule has 3 atom stereocenters. The fourth-order valence-electron chi connectivity index (χ4n) is 2.69. The van der Waals surface area contributed by atoms with Crippen LogP contribution in [0.2, 0.25) is 0 Å². The van der Waals surface area contributed by atoms with Gasteiger partial charge >= 0.3 is 5.97 Å². The summed E-state index contributed by atoms with van der Waals surface area (Å²) >= 11 is 0. The molecule has 1 amide bonds. The summed E-state index contributed by atoms with van der Waals surface area (Å²) in [7, 11) is 0. The number of carbonyl (C=O) groups excluding carboxylic acids is 1. The Bertz CT molecular complexity index is 512. The average Bonchev–Trinajstić information content (AvgIpc) is 2.45. The summed E-state index contributed by atoms with van der Waals surface area (Å²) in [6.45, 7) is 3.35. The monoisotopic (exact) mass is 275 g/mol. The van der Waals surface area contributed by atoms with Crippen molar-refractivity contribution in [3.8, 4) is 0 Å². The zero-order valence-electron chi connectivity index (χ0n) is 11.9. The molecule has 0 saturated heterocycles. The van der Waals surface area contributed by atoms with Gasteiger partial charge in [0.1, 0.15) is 0 Å². The second-order valence-corrected chi connectivity index (χ2v) is 5.57. The third-order valence-corrected chi connectivity index (χ3v) is 4.20. The fraction of sp³-hybridized carbons (Fsp3) is 0.500. The zero-order valence-corrected chi connectivity index (χ0v) is 11.9. The van der Waals surface area contributed by atoms with E-state index >= 15 is 0 Å². The van der Waals surface area contributed by atoms with Crippen LogP contribution in [-0.4, -0.2) is 23.0 Å². The SMILES string of the molecule is CC(NC(=O)C1CCCc2ccccc21)C(C)C(=O)O. The maximum atomic E-state index is 12.4. The number of hydrogen-bond acceptors (Lipinski definition) is 2. The molecule has 0 spiro atoms. The van der Waals surface area contributed by atoms with E-state index in [1.807, 2.05) is 18.2 Å². The van der Waals surface area contributed by atoms with Crippen molar-refractivity contribution in [3.63, 3.8) is 0 Å². The van der Waals surface area contributed by atoms with Gasteiger partial charge in [0.25, 0.3) is 0 Å². The molecular weight excluding hydrogens is 254 g/mol. The molecule has 1 aromatic carbocycles. The van der Waals surface area contributed by atoms with Crippen LogP contribution in [0.5, 0.6) is 0 Å². The van der Waals surface area contributed by atoms with Crippen LogP contribution in [0.1, 0.15) is 43.7 Å². The van der Waals surface area contributed by atoms with Gasteiger partial charge in [-0.2, -0.15) is 0 Å². The Labute approximate surface area is 119 Å². The van der Waals surface area contributed by atoms with E-state index in [-0.39, 0.29) is 17.9 Å². The molecule has 0 aromatic heterocycles. The summed E-state index contributed by atoms with van der Waals surface area (Å²) in [5.41, 5.74) is 2.32. The van der Waals surface area contributed by atoms with Gasteiger partial charge in [-0.1, -0.05) is 24.3 Å². The lowest BCUT2D eigenvalue weighted by Gasteiger charge is -2.27. The molecule has 2 N–H and O–H groups in total. The topological polar surface area (TPSA) is 66.4 Å². The third-order valence-electron chi connectivity index (χ3n) is 4.20. The third kappa shape index (κ3) is 3.00. The van der Waals surface area contributed by atoms with Gasteiger partial charge in [0, 0.05) is 6.04 Å². The first-order valence-electron chi connectivity index (χ1n) is 7.11. The van der Waals surface area contributed by atoms with Crippen molar-refractivity contribution in [3.05, 3.63) is 35.4 Å². The van der Waals surface area contributed by atoms with E-state index in [0.29, 0.717) is 0 Å². The van der Waals surface area contributed by atoms with Gasteiger partial charge in [-0.25, -0.2) is 0 Å². The number of aliphatic carboxylic acids is 1. The average molecular weight is 275 g/mol. The molecular formula is C16H21NO3. The Kier molecular flexibility index (Phi) is 4.42. The van der Waals surface area contributed by atoms with Gasteiger partial charge in [-0.3, -0.25) is 9.59 Å². The van der Waals surface area contributed by atoms with Crippen LogP contribution in [0.4, 0.5) is 0 Å². The van der Waals surface area contributed by atoms with Gasteiger partial charge in [0.15, 0.2) is 0 Å². The molecule has 4 nitrogen and oxygen atoms in total. The number of benzene rings is 1. The van der Waals surface area contributed by atoms with Gasteiger partial charge < -0.3 is 10.4 Å². The number of nitrogens with one attached hydrogen (secondary N) is 1. The first-order chi connectivity index (χ1) is 9.50. The van der Waals surface area contributed by atoms with E-state index < -0.39 is 11.9 Å². The standard InChI is InChI=1S/C16H21NO3/c1-10(16(19)20)11(2)17-15(18)14-9-5-7-12-6-3-4-8-13(12)14/h3-4,6,8,10-11,14H,5,7,9H2,1-2H3,(H,17,18)(H,19,20). The minimum Gasteiger partial charge on any atom is -0.481 e. The smallest absolute Gasteiger partial charge is 0.308 e. The highest BCUT2D eigenvalue weighted by Crippen LogP contribution is 2.31. The summed E-state index contributed by atoms with van der Waals surface area (Å²) < 4.78 is 0. The number of fused-ring (bicyclic) bond motifs is 1. The van der Waals surface area contributed by atoms with Crippen LogP contribution in [0.25, 0.3) is 0 Å². The molecule has 0 saturated carbocycles. The number of carboxylic acids is 1. The fourth-order valence-corrected chi connectivity index (χ4v) is 2.69. The Hall–Kier alpha value is -1.84. The van der Waals surface area contributed by atoms with Crippen molar-refractivity contribution < 1.29 is 14.7 Å². The lowest BCUT2D eigenvalue weighted by Crippen LogP contribution is -2.42. The molecule has 1 aliphatic carbocycles. The second kappa shape index (κ2) is 6.07. The Morgan fingerprint density at radius 3 is 2.70 bits per heavy atom. The van der Waals surface area contributed by atoms with Gasteiger partial charge in [-0.05, 0) is 44.2 Å². The molecule has 0 aliphatic heterocycles. The highest BCUT2D eigenvalue weighted by Gasteiger charge is 2.29. The summed E-state index contributed by atoms with van der Waals surface area (Å²) in [6, 6.07) is 7.65. The van der Waals surface area contributed by atoms with Crippen molar-refractivity contribution in [1.29, 1.82) is 0 Å². The number of amides is 1. The predicted octanol–water partition coefficient (Wildman–Crippen LogP) is 2.33. The van der Waals surface area contributed by atoms with E-state index in [1.54, 1.807) is 13.8 Å². The van der Waals surface area contributed by atoms with Crippen molar-refractivity contribution in [2.75, 3.05) is 0 Å². The van der Waals surface area contributed by atoms with Crippen molar-refractivity contribution in [2.24, 2.45) is 5.92 Å². The van der Waals surface area contributed by atoms with Crippen LogP contribution in [0.3, 0.4) is 0 Å². The van der Waals surface area contributed by atoms with Gasteiger partial charge in [-0.15, -0.1) is 0 Å². The van der Waals surface area contributed by atoms with Crippen LogP contribution in [0, 0.1) is 5.92 Å². The minimum atomic E-state index is -0.887. The molecule has 0 bridgehead atoms. The number of carboxylic acid groups (broad SMARTS) is 1. The van der Waals surface area contributed by atoms with E-state index in [2.05, 4.69) is 11.4 Å². The molecule has 0 fully saturated rings. The second-order valence-electron chi connectivity index (χ2n) is 5.57. The Morgan fingerprint density at radius 1 is 1.30 bits per heavy atom. The van der Waals surface area contributed by atoms with Crippen LogP contribution in [0.15, 0.2) is 24.3 Å². The molecule has 3 unspecified atom stereocenters. The van der Waals surface area contributed by atoms with E-state index in [4.69, 9.17) is 5.11 Å². The molecule has 0 radical (unpaired) electrons. The van der Waals surface area contributed by atoms with E-state index in [1.165, 1.54) is 5.56 Å². The number of rotatable bonds is 4. The largest absolute Gasteiger partial charge is 0.481 e. The molecule has 1 aromatic rings. The van der Waals surface area contributed by atoms with Gasteiger partial charge in [0.2, 0.25) is 5.91 Å². The molecule has 108 valence electrons. The van der Waals surface area contributed by atoms with E-state index in [9.17, 15) is 9.59 Å². The molecule has 20 heavy (non-hydrogen) atoms. The first-order valence-corrected chi connectivity index (χ1v) is 7.11. The highest BCUT2D eigenvalue weighted by atomic mass is 16.4. The lowest BCUT2D eigenvalue weighted by molar-refractivity contribution is -0.142. The normalized spacial score (nSPS) is 20.6. The number of hydrogen-bond donors (Lipinski definition) is 2. The van der Waals surface area contributed by atoms with Crippen LogP contribution < -0.4 is 5.32 Å². The summed E-state index contributed by atoms with van der Waals surface area (Å²) in [6.07, 6.45) is 2.84. The number of aryl methyl sites for hydroxylation is 1. The summed E-state index contributed by atoms with van der Waals surface area (Å²) in [5, 5.41) is 11.8. The summed E-state index contributed by atoms with van der Waals surface area (Å²) in [4.78, 5) is 23.3. The van der Waals surface area contributed by atoms with Gasteiger partial charge in [0.05, 0.1) is 11.8 Å². The van der Waals surface area contributed by atoms with Crippen molar-refractivity contribution in [2.45, 2.75) is 45.1 Å². The zero-order chi connectivity index (χ0) is 14.7. The Morgan fingerprint density at radius 2 is 2.00 bits per heavy atom. The predicted molar refractivity (Wildman–Crippen MR) is 76.5 cm³/mol. The van der Waals surface area contributed by atoms with Crippen LogP contribution in [-0.2, 0) is 16.0 Å². The molecule has 2 rings (SSSR count). The Balaban J connectivity index is 2.09. The number of carbonyl (C=O) groups is 2. The quantitative estimate of drug-likeness (QED) is 0.886. The minimum absolute atomic E-state index is 0.0576. The lowest BCUT2D eigenvalue weighted by atomic mass is 9.82.